The molecule has 3 aliphatic rings. The Labute approximate surface area is 130 Å². The first-order chi connectivity index (χ1) is 8.78. The summed E-state index contributed by atoms with van der Waals surface area (Å²) in [5.74, 6) is 0.963. The zero-order valence-electron chi connectivity index (χ0n) is 9.26. The molecule has 0 radical (unpaired) electrons. The predicted molar refractivity (Wildman–Crippen MR) is 89.2 cm³/mol. The molecule has 0 spiro atoms. The van der Waals surface area contributed by atoms with Gasteiger partial charge in [-0.15, -0.1) is 0 Å². The molecule has 3 aliphatic heterocycles. The van der Waals surface area contributed by atoms with E-state index in [2.05, 4.69) is 0 Å². The van der Waals surface area contributed by atoms with Gasteiger partial charge in [-0.3, -0.25) is 0 Å². The third-order valence-electron chi connectivity index (χ3n) is 2.20. The molecule has 0 aromatic carbocycles. The second-order valence-electron chi connectivity index (χ2n) is 3.34. The van der Waals surface area contributed by atoms with E-state index in [1.165, 1.54) is 48.7 Å². The first kappa shape index (κ1) is 13.8. The largest absolute Gasteiger partial charge is 0.465 e. The Kier molecular flexibility index (Phi) is 4.62. The average Bonchev–Trinajstić information content (AvgIpc) is 3.03. The van der Waals surface area contributed by atoms with Gasteiger partial charge in [-0.2, -0.15) is 0 Å². The lowest BCUT2D eigenvalue weighted by molar-refractivity contribution is -0.135. The van der Waals surface area contributed by atoms with Gasteiger partial charge in [0.2, 0.25) is 0 Å². The van der Waals surface area contributed by atoms with Gasteiger partial charge in [0.1, 0.15) is 4.91 Å². The molecule has 0 aliphatic carbocycles. The van der Waals surface area contributed by atoms with E-state index < -0.39 is 0 Å². The van der Waals surface area contributed by atoms with Crippen LogP contribution < -0.4 is 0 Å². The van der Waals surface area contributed by atoms with Crippen LogP contribution in [0.25, 0.3) is 0 Å². The lowest BCUT2D eigenvalue weighted by Crippen LogP contribution is -1.99. The van der Waals surface area contributed by atoms with Crippen molar-refractivity contribution < 1.29 is 9.53 Å². The van der Waals surface area contributed by atoms with E-state index in [-0.39, 0.29) is 5.97 Å². The van der Waals surface area contributed by atoms with Crippen molar-refractivity contribution in [2.75, 3.05) is 12.9 Å². The summed E-state index contributed by atoms with van der Waals surface area (Å²) >= 11 is 6.89. The number of carbonyl (C=O) groups excluding carboxylic acids is 1. The van der Waals surface area contributed by atoms with E-state index in [1.807, 2.05) is 50.5 Å². The van der Waals surface area contributed by atoms with Crippen molar-refractivity contribution in [3.8, 4) is 0 Å². The fourth-order valence-electron chi connectivity index (χ4n) is 1.38. The molecule has 0 aromatic rings. The molecule has 96 valence electrons. The maximum absolute atomic E-state index is 11.4. The van der Waals surface area contributed by atoms with Crippen molar-refractivity contribution in [3.05, 3.63) is 27.9 Å². The maximum Gasteiger partial charge on any atom is 0.345 e. The monoisotopic (exact) mass is 352 g/mol. The molecule has 8 heteroatoms. The Balaban J connectivity index is 1.71. The predicted octanol–water partition coefficient (Wildman–Crippen LogP) is 5.04. The van der Waals surface area contributed by atoms with Crippen LogP contribution in [-0.4, -0.2) is 18.8 Å². The Bertz CT molecular complexity index is 473. The van der Waals surface area contributed by atoms with Crippen molar-refractivity contribution in [2.24, 2.45) is 0 Å². The molecule has 0 bridgehead atoms. The summed E-state index contributed by atoms with van der Waals surface area (Å²) in [6.45, 7) is 0. The molecule has 0 aromatic heterocycles. The SMILES string of the molecule is COC(=O)C1=CS/C(=C2/SC3=C(SSCC3)S2)S1. The van der Waals surface area contributed by atoms with Crippen LogP contribution in [0.1, 0.15) is 6.42 Å². The Morgan fingerprint density at radius 2 is 2.11 bits per heavy atom. The molecule has 0 saturated heterocycles. The fraction of sp³-hybridized carbons (Fsp3) is 0.300. The number of hydrogen-bond acceptors (Lipinski definition) is 8. The van der Waals surface area contributed by atoms with Crippen LogP contribution >= 0.6 is 68.6 Å². The van der Waals surface area contributed by atoms with Crippen molar-refractivity contribution >= 4 is 74.6 Å². The summed E-state index contributed by atoms with van der Waals surface area (Å²) in [6, 6.07) is 0. The standard InChI is InChI=1S/C10H8O2S6/c1-12-7(11)6-4-13-9(16-6)10-15-5-2-3-14-18-8(5)17-10/h4H,2-3H2,1H3/b10-9+. The van der Waals surface area contributed by atoms with E-state index in [1.54, 1.807) is 11.8 Å². The summed E-state index contributed by atoms with van der Waals surface area (Å²) in [5, 5.41) is 1.89. The van der Waals surface area contributed by atoms with Crippen LogP contribution in [0, 0.1) is 0 Å². The average molecular weight is 353 g/mol. The third-order valence-corrected chi connectivity index (χ3v) is 10.8. The van der Waals surface area contributed by atoms with Crippen LogP contribution in [0.5, 0.6) is 0 Å². The molecular formula is C10H8O2S6. The summed E-state index contributed by atoms with van der Waals surface area (Å²) in [5.41, 5.74) is 0. The first-order valence-corrected chi connectivity index (χ1v) is 10.7. The highest BCUT2D eigenvalue weighted by Crippen LogP contribution is 2.63. The van der Waals surface area contributed by atoms with Crippen LogP contribution in [0.4, 0.5) is 0 Å². The number of methoxy groups -OCH3 is 1. The van der Waals surface area contributed by atoms with Crippen LogP contribution in [0.2, 0.25) is 0 Å². The van der Waals surface area contributed by atoms with Crippen LogP contribution in [-0.2, 0) is 9.53 Å². The van der Waals surface area contributed by atoms with Crippen molar-refractivity contribution in [3.63, 3.8) is 0 Å². The number of ether oxygens (including phenoxy) is 1. The Hall–Kier alpha value is 0.790. The maximum atomic E-state index is 11.4. The van der Waals surface area contributed by atoms with E-state index in [0.717, 1.165) is 0 Å². The number of esters is 1. The highest BCUT2D eigenvalue weighted by Gasteiger charge is 2.30. The summed E-state index contributed by atoms with van der Waals surface area (Å²) in [6.07, 6.45) is 1.17. The summed E-state index contributed by atoms with van der Waals surface area (Å²) in [4.78, 5) is 13.6. The molecule has 3 rings (SSSR count). The fourth-order valence-corrected chi connectivity index (χ4v) is 9.87. The van der Waals surface area contributed by atoms with Crippen molar-refractivity contribution in [1.82, 2.24) is 0 Å². The van der Waals surface area contributed by atoms with Gasteiger partial charge in [0.15, 0.2) is 0 Å². The van der Waals surface area contributed by atoms with Gasteiger partial charge in [-0.25, -0.2) is 4.79 Å². The van der Waals surface area contributed by atoms with Gasteiger partial charge in [0, 0.05) is 10.7 Å². The summed E-state index contributed by atoms with van der Waals surface area (Å²) < 4.78 is 8.71. The quantitative estimate of drug-likeness (QED) is 0.478. The second-order valence-corrected chi connectivity index (χ2v) is 10.6. The molecular weight excluding hydrogens is 345 g/mol. The van der Waals surface area contributed by atoms with Gasteiger partial charge in [0.25, 0.3) is 0 Å². The van der Waals surface area contributed by atoms with Gasteiger partial charge in [0.05, 0.1) is 19.8 Å². The number of thioether (sulfide) groups is 4. The molecule has 0 amide bonds. The van der Waals surface area contributed by atoms with E-state index in [4.69, 9.17) is 4.74 Å². The zero-order valence-corrected chi connectivity index (χ0v) is 14.2. The van der Waals surface area contributed by atoms with Crippen molar-refractivity contribution in [1.29, 1.82) is 0 Å². The molecule has 0 fully saturated rings. The first-order valence-electron chi connectivity index (χ1n) is 5.03. The van der Waals surface area contributed by atoms with Gasteiger partial charge >= 0.3 is 5.97 Å². The minimum Gasteiger partial charge on any atom is -0.465 e. The molecule has 18 heavy (non-hydrogen) atoms. The van der Waals surface area contributed by atoms with Gasteiger partial charge < -0.3 is 4.74 Å². The Morgan fingerprint density at radius 3 is 2.89 bits per heavy atom. The number of rotatable bonds is 1. The summed E-state index contributed by atoms with van der Waals surface area (Å²) in [7, 11) is 5.23. The molecule has 0 unspecified atom stereocenters. The smallest absolute Gasteiger partial charge is 0.345 e. The normalized spacial score (nSPS) is 27.3. The van der Waals surface area contributed by atoms with Crippen LogP contribution in [0.15, 0.2) is 27.9 Å². The molecule has 2 nitrogen and oxygen atoms in total. The molecule has 0 N–H and O–H groups in total. The number of carbonyl (C=O) groups is 1. The number of hydrogen-bond donors (Lipinski definition) is 0. The number of allylic oxidation sites excluding steroid dienone is 1. The third kappa shape index (κ3) is 2.78. The Morgan fingerprint density at radius 1 is 1.22 bits per heavy atom. The minimum absolute atomic E-state index is 0.237. The molecule has 0 saturated carbocycles. The van der Waals surface area contributed by atoms with E-state index in [9.17, 15) is 4.79 Å². The van der Waals surface area contributed by atoms with Crippen LogP contribution in [0.3, 0.4) is 0 Å². The highest BCUT2D eigenvalue weighted by atomic mass is 33.1. The van der Waals surface area contributed by atoms with Gasteiger partial charge in [-0.1, -0.05) is 57.8 Å². The zero-order chi connectivity index (χ0) is 12.5. The highest BCUT2D eigenvalue weighted by molar-refractivity contribution is 8.80. The minimum atomic E-state index is -0.237. The van der Waals surface area contributed by atoms with Gasteiger partial charge in [-0.05, 0) is 22.6 Å². The van der Waals surface area contributed by atoms with E-state index >= 15 is 0 Å². The lowest BCUT2D eigenvalue weighted by Gasteiger charge is -2.08. The topological polar surface area (TPSA) is 26.3 Å². The second kappa shape index (κ2) is 6.05. The van der Waals surface area contributed by atoms with E-state index in [0.29, 0.717) is 4.91 Å². The molecule has 3 heterocycles. The lowest BCUT2D eigenvalue weighted by atomic mass is 10.5. The van der Waals surface area contributed by atoms with Crippen molar-refractivity contribution in [2.45, 2.75) is 6.42 Å². The molecule has 0 atom stereocenters.